The van der Waals surface area contributed by atoms with Crippen molar-refractivity contribution in [3.8, 4) is 0 Å². The van der Waals surface area contributed by atoms with Crippen molar-refractivity contribution in [2.24, 2.45) is 5.92 Å². The minimum absolute atomic E-state index is 0.563. The van der Waals surface area contributed by atoms with Crippen molar-refractivity contribution in [3.63, 3.8) is 0 Å². The van der Waals surface area contributed by atoms with Gasteiger partial charge in [-0.05, 0) is 25.2 Å². The fraction of sp³-hybridized carbons (Fsp3) is 0.714. The van der Waals surface area contributed by atoms with Crippen LogP contribution in [0.5, 0.6) is 0 Å². The number of hydrogen-bond donors (Lipinski definition) is 1. The number of hydrogen-bond acceptors (Lipinski definition) is 4. The maximum absolute atomic E-state index is 5.77. The summed E-state index contributed by atoms with van der Waals surface area (Å²) in [5.41, 5.74) is 5.77. The van der Waals surface area contributed by atoms with Crippen LogP contribution in [-0.4, -0.2) is 22.6 Å². The van der Waals surface area contributed by atoms with Gasteiger partial charge in [0.2, 0.25) is 0 Å². The first kappa shape index (κ1) is 13.1. The first-order valence-electron chi connectivity index (χ1n) is 7.01. The van der Waals surface area contributed by atoms with E-state index in [1.54, 1.807) is 6.33 Å². The van der Waals surface area contributed by atoms with Crippen LogP contribution in [-0.2, 0) is 0 Å². The highest BCUT2D eigenvalue weighted by molar-refractivity contribution is 5.46. The lowest BCUT2D eigenvalue weighted by Gasteiger charge is -2.30. The topological polar surface area (TPSA) is 55.0 Å². The summed E-state index contributed by atoms with van der Waals surface area (Å²) in [6.07, 6.45) is 8.00. The van der Waals surface area contributed by atoms with Gasteiger partial charge >= 0.3 is 0 Å². The van der Waals surface area contributed by atoms with E-state index in [9.17, 15) is 0 Å². The van der Waals surface area contributed by atoms with E-state index >= 15 is 0 Å². The zero-order valence-electron chi connectivity index (χ0n) is 11.5. The molecule has 2 rings (SSSR count). The molecule has 1 aromatic heterocycles. The molecular weight excluding hydrogens is 224 g/mol. The van der Waals surface area contributed by atoms with Crippen molar-refractivity contribution in [1.82, 2.24) is 9.97 Å². The summed E-state index contributed by atoms with van der Waals surface area (Å²) >= 11 is 0. The number of rotatable bonds is 5. The second-order valence-electron chi connectivity index (χ2n) is 5.62. The second-order valence-corrected chi connectivity index (χ2v) is 5.62. The average Bonchev–Trinajstić information content (AvgIpc) is 2.83. The molecule has 0 aliphatic heterocycles. The lowest BCUT2D eigenvalue weighted by Crippen LogP contribution is -2.35. The van der Waals surface area contributed by atoms with Crippen LogP contribution < -0.4 is 10.6 Å². The van der Waals surface area contributed by atoms with Gasteiger partial charge in [0.1, 0.15) is 18.0 Å². The molecular formula is C14H24N4. The summed E-state index contributed by atoms with van der Waals surface area (Å²) in [6, 6.07) is 2.54. The van der Waals surface area contributed by atoms with Crippen molar-refractivity contribution in [2.75, 3.05) is 17.2 Å². The molecule has 18 heavy (non-hydrogen) atoms. The Morgan fingerprint density at radius 3 is 2.67 bits per heavy atom. The predicted octanol–water partition coefficient (Wildman–Crippen LogP) is 2.85. The van der Waals surface area contributed by atoms with Gasteiger partial charge in [0.15, 0.2) is 0 Å². The molecule has 100 valence electrons. The largest absolute Gasteiger partial charge is 0.384 e. The molecule has 1 aliphatic carbocycles. The van der Waals surface area contributed by atoms with Crippen molar-refractivity contribution in [2.45, 2.75) is 52.0 Å². The van der Waals surface area contributed by atoms with E-state index in [1.807, 2.05) is 6.07 Å². The monoisotopic (exact) mass is 248 g/mol. The smallest absolute Gasteiger partial charge is 0.134 e. The maximum Gasteiger partial charge on any atom is 0.134 e. The fourth-order valence-electron chi connectivity index (χ4n) is 2.62. The summed E-state index contributed by atoms with van der Waals surface area (Å²) in [4.78, 5) is 10.8. The van der Waals surface area contributed by atoms with Gasteiger partial charge in [0, 0.05) is 18.7 Å². The number of aromatic nitrogens is 2. The number of nitrogen functional groups attached to an aromatic ring is 1. The SMILES string of the molecule is CC(C)CCN(c1cc(N)ncn1)C1CCCC1. The molecule has 1 saturated carbocycles. The van der Waals surface area contributed by atoms with Crippen LogP contribution in [0.1, 0.15) is 46.0 Å². The zero-order valence-corrected chi connectivity index (χ0v) is 11.5. The van der Waals surface area contributed by atoms with Crippen molar-refractivity contribution in [3.05, 3.63) is 12.4 Å². The van der Waals surface area contributed by atoms with Crippen molar-refractivity contribution >= 4 is 11.6 Å². The Morgan fingerprint density at radius 1 is 1.33 bits per heavy atom. The molecule has 0 bridgehead atoms. The third-order valence-corrected chi connectivity index (χ3v) is 3.68. The highest BCUT2D eigenvalue weighted by atomic mass is 15.2. The third kappa shape index (κ3) is 3.34. The second kappa shape index (κ2) is 6.03. The van der Waals surface area contributed by atoms with Crippen LogP contribution in [0, 0.1) is 5.92 Å². The molecule has 0 spiro atoms. The Balaban J connectivity index is 2.12. The number of anilines is 2. The quantitative estimate of drug-likeness (QED) is 0.870. The van der Waals surface area contributed by atoms with Crippen molar-refractivity contribution in [1.29, 1.82) is 0 Å². The molecule has 1 heterocycles. The Labute approximate surface area is 110 Å². The molecule has 1 fully saturated rings. The van der Waals surface area contributed by atoms with Gasteiger partial charge < -0.3 is 10.6 Å². The lowest BCUT2D eigenvalue weighted by molar-refractivity contribution is 0.525. The predicted molar refractivity (Wildman–Crippen MR) is 75.5 cm³/mol. The molecule has 0 saturated heterocycles. The van der Waals surface area contributed by atoms with E-state index < -0.39 is 0 Å². The van der Waals surface area contributed by atoms with Crippen LogP contribution in [0.25, 0.3) is 0 Å². The Hall–Kier alpha value is -1.32. The highest BCUT2D eigenvalue weighted by Crippen LogP contribution is 2.28. The van der Waals surface area contributed by atoms with Crippen LogP contribution >= 0.6 is 0 Å². The molecule has 0 amide bonds. The van der Waals surface area contributed by atoms with Gasteiger partial charge in [0.05, 0.1) is 0 Å². The molecule has 1 aliphatic rings. The fourth-order valence-corrected chi connectivity index (χ4v) is 2.62. The molecule has 0 aromatic carbocycles. The molecule has 2 N–H and O–H groups in total. The Bertz CT molecular complexity index is 372. The van der Waals surface area contributed by atoms with Gasteiger partial charge in [-0.25, -0.2) is 9.97 Å². The van der Waals surface area contributed by atoms with Crippen LogP contribution in [0.4, 0.5) is 11.6 Å². The zero-order chi connectivity index (χ0) is 13.0. The lowest BCUT2D eigenvalue weighted by atomic mass is 10.1. The summed E-state index contributed by atoms with van der Waals surface area (Å²) in [5, 5.41) is 0. The van der Waals surface area contributed by atoms with E-state index in [2.05, 4.69) is 28.7 Å². The van der Waals surface area contributed by atoms with Crippen LogP contribution in [0.15, 0.2) is 12.4 Å². The standard InChI is InChI=1S/C14H24N4/c1-11(2)7-8-18(12-5-3-4-6-12)14-9-13(15)16-10-17-14/h9-12H,3-8H2,1-2H3,(H2,15,16,17). The molecule has 0 unspecified atom stereocenters. The van der Waals surface area contributed by atoms with Gasteiger partial charge in [-0.1, -0.05) is 26.7 Å². The van der Waals surface area contributed by atoms with Gasteiger partial charge in [-0.15, -0.1) is 0 Å². The third-order valence-electron chi connectivity index (χ3n) is 3.68. The molecule has 4 nitrogen and oxygen atoms in total. The Kier molecular flexibility index (Phi) is 4.39. The van der Waals surface area contributed by atoms with Crippen LogP contribution in [0.2, 0.25) is 0 Å². The van der Waals surface area contributed by atoms with Crippen LogP contribution in [0.3, 0.4) is 0 Å². The van der Waals surface area contributed by atoms with Crippen molar-refractivity contribution < 1.29 is 0 Å². The normalized spacial score (nSPS) is 16.4. The van der Waals surface area contributed by atoms with E-state index in [1.165, 1.54) is 32.1 Å². The minimum Gasteiger partial charge on any atom is -0.384 e. The first-order valence-corrected chi connectivity index (χ1v) is 7.01. The summed E-state index contributed by atoms with van der Waals surface area (Å²) in [7, 11) is 0. The highest BCUT2D eigenvalue weighted by Gasteiger charge is 2.23. The molecule has 0 atom stereocenters. The van der Waals surface area contributed by atoms with Gasteiger partial charge in [0.25, 0.3) is 0 Å². The van der Waals surface area contributed by atoms with Gasteiger partial charge in [-0.2, -0.15) is 0 Å². The minimum atomic E-state index is 0.563. The van der Waals surface area contributed by atoms with E-state index in [0.717, 1.165) is 12.4 Å². The summed E-state index contributed by atoms with van der Waals surface area (Å²) in [6.45, 7) is 5.60. The van der Waals surface area contributed by atoms with Gasteiger partial charge in [-0.3, -0.25) is 0 Å². The number of nitrogens with two attached hydrogens (primary N) is 1. The molecule has 0 radical (unpaired) electrons. The Morgan fingerprint density at radius 2 is 2.06 bits per heavy atom. The summed E-state index contributed by atoms with van der Waals surface area (Å²) < 4.78 is 0. The summed E-state index contributed by atoms with van der Waals surface area (Å²) in [5.74, 6) is 2.27. The maximum atomic E-state index is 5.77. The molecule has 4 heteroatoms. The average molecular weight is 248 g/mol. The van der Waals surface area contributed by atoms with E-state index in [4.69, 9.17) is 5.73 Å². The van der Waals surface area contributed by atoms with E-state index in [0.29, 0.717) is 17.8 Å². The molecule has 1 aromatic rings. The number of nitrogens with zero attached hydrogens (tertiary/aromatic N) is 3. The first-order chi connectivity index (χ1) is 8.66. The van der Waals surface area contributed by atoms with E-state index in [-0.39, 0.29) is 0 Å².